The van der Waals surface area contributed by atoms with E-state index >= 15 is 0 Å². The Hall–Kier alpha value is -1.36. The van der Waals surface area contributed by atoms with Crippen LogP contribution < -0.4 is 5.32 Å². The van der Waals surface area contributed by atoms with E-state index in [0.29, 0.717) is 4.90 Å². The first kappa shape index (κ1) is 20.9. The summed E-state index contributed by atoms with van der Waals surface area (Å²) >= 11 is 0. The van der Waals surface area contributed by atoms with Gasteiger partial charge in [-0.1, -0.05) is 6.42 Å². The zero-order chi connectivity index (χ0) is 20.0. The summed E-state index contributed by atoms with van der Waals surface area (Å²) in [4.78, 5) is 12.4. The fraction of sp³-hybridized carbons (Fsp3) is 0.929. The van der Waals surface area contributed by atoms with Crippen LogP contribution in [0.15, 0.2) is 0 Å². The maximum absolute atomic E-state index is 13.0. The van der Waals surface area contributed by atoms with E-state index in [9.17, 15) is 44.3 Å². The van der Waals surface area contributed by atoms with E-state index in [1.165, 1.54) is 0 Å². The predicted octanol–water partition coefficient (Wildman–Crippen LogP) is 4.63. The molecule has 0 radical (unpaired) electrons. The highest BCUT2D eigenvalue weighted by atomic mass is 19.4. The minimum absolute atomic E-state index is 0.120. The molecule has 152 valence electrons. The number of alkyl halides is 9. The van der Waals surface area contributed by atoms with Gasteiger partial charge in [0, 0.05) is 19.1 Å². The molecule has 0 aromatic rings. The number of halogens is 9. The van der Waals surface area contributed by atoms with Gasteiger partial charge in [-0.15, -0.1) is 0 Å². The topological polar surface area (TPSA) is 32.3 Å². The third-order valence-corrected chi connectivity index (χ3v) is 5.11. The SMILES string of the molecule is O=C(N[C@H]1CCC[C@H](C(F)(F)F)C1)N1CCC(C(F)(F)F)(C(F)(F)F)C1. The van der Waals surface area contributed by atoms with E-state index < -0.39 is 67.9 Å². The van der Waals surface area contributed by atoms with Crippen LogP contribution in [0.4, 0.5) is 44.3 Å². The molecule has 2 fully saturated rings. The van der Waals surface area contributed by atoms with E-state index in [-0.39, 0.29) is 19.3 Å². The molecule has 2 rings (SSSR count). The van der Waals surface area contributed by atoms with E-state index in [0.717, 1.165) is 0 Å². The molecule has 1 aliphatic carbocycles. The Kier molecular flexibility index (Phi) is 5.37. The van der Waals surface area contributed by atoms with Crippen molar-refractivity contribution in [3.63, 3.8) is 0 Å². The van der Waals surface area contributed by atoms with Crippen molar-refractivity contribution in [2.75, 3.05) is 13.1 Å². The lowest BCUT2D eigenvalue weighted by atomic mass is 9.85. The van der Waals surface area contributed by atoms with Crippen LogP contribution in [0, 0.1) is 11.3 Å². The molecule has 12 heteroatoms. The fourth-order valence-corrected chi connectivity index (χ4v) is 3.49. The number of urea groups is 1. The highest BCUT2D eigenvalue weighted by Crippen LogP contribution is 2.55. The molecule has 2 atom stereocenters. The van der Waals surface area contributed by atoms with Gasteiger partial charge >= 0.3 is 24.6 Å². The summed E-state index contributed by atoms with van der Waals surface area (Å²) in [5.74, 6) is -1.65. The second-order valence-corrected chi connectivity index (χ2v) is 6.80. The van der Waals surface area contributed by atoms with E-state index in [1.807, 2.05) is 0 Å². The van der Waals surface area contributed by atoms with Crippen LogP contribution in [-0.4, -0.2) is 48.6 Å². The first-order chi connectivity index (χ1) is 11.7. The zero-order valence-corrected chi connectivity index (χ0v) is 13.4. The van der Waals surface area contributed by atoms with Crippen LogP contribution in [0.5, 0.6) is 0 Å². The molecule has 1 saturated carbocycles. The summed E-state index contributed by atoms with van der Waals surface area (Å²) in [5.41, 5.74) is -4.02. The van der Waals surface area contributed by atoms with Gasteiger partial charge in [0.1, 0.15) is 0 Å². The molecular weight excluding hydrogens is 383 g/mol. The van der Waals surface area contributed by atoms with Crippen LogP contribution in [0.25, 0.3) is 0 Å². The van der Waals surface area contributed by atoms with Crippen molar-refractivity contribution in [2.24, 2.45) is 11.3 Å². The third-order valence-electron chi connectivity index (χ3n) is 5.11. The smallest absolute Gasteiger partial charge is 0.335 e. The highest BCUT2D eigenvalue weighted by Gasteiger charge is 2.73. The Morgan fingerprint density at radius 2 is 1.54 bits per heavy atom. The van der Waals surface area contributed by atoms with Crippen LogP contribution in [0.1, 0.15) is 32.1 Å². The molecule has 0 aromatic heterocycles. The van der Waals surface area contributed by atoms with Crippen LogP contribution >= 0.6 is 0 Å². The van der Waals surface area contributed by atoms with Gasteiger partial charge in [-0.3, -0.25) is 0 Å². The molecule has 2 aliphatic rings. The number of nitrogens with one attached hydrogen (secondary N) is 1. The van der Waals surface area contributed by atoms with Crippen LogP contribution in [0.2, 0.25) is 0 Å². The first-order valence-electron chi connectivity index (χ1n) is 7.93. The van der Waals surface area contributed by atoms with Gasteiger partial charge in [-0.05, 0) is 25.7 Å². The zero-order valence-electron chi connectivity index (χ0n) is 13.4. The lowest BCUT2D eigenvalue weighted by molar-refractivity contribution is -0.334. The third kappa shape index (κ3) is 3.98. The summed E-state index contributed by atoms with van der Waals surface area (Å²) in [7, 11) is 0. The average Bonchev–Trinajstić information content (AvgIpc) is 2.92. The van der Waals surface area contributed by atoms with Gasteiger partial charge in [-0.25, -0.2) is 4.79 Å². The molecule has 3 nitrogen and oxygen atoms in total. The lowest BCUT2D eigenvalue weighted by Crippen LogP contribution is -2.53. The Balaban J connectivity index is 2.03. The van der Waals surface area contributed by atoms with Crippen molar-refractivity contribution in [3.05, 3.63) is 0 Å². The van der Waals surface area contributed by atoms with Gasteiger partial charge in [0.15, 0.2) is 5.41 Å². The number of rotatable bonds is 1. The quantitative estimate of drug-likeness (QED) is 0.640. The van der Waals surface area contributed by atoms with Crippen molar-refractivity contribution >= 4 is 6.03 Å². The first-order valence-corrected chi connectivity index (χ1v) is 7.93. The molecule has 26 heavy (non-hydrogen) atoms. The highest BCUT2D eigenvalue weighted by molar-refractivity contribution is 5.75. The summed E-state index contributed by atoms with van der Waals surface area (Å²) in [5, 5.41) is 2.16. The molecule has 1 N–H and O–H groups in total. The van der Waals surface area contributed by atoms with E-state index in [4.69, 9.17) is 0 Å². The predicted molar refractivity (Wildman–Crippen MR) is 71.1 cm³/mol. The summed E-state index contributed by atoms with van der Waals surface area (Å²) in [6, 6.07) is -2.14. The number of hydrogen-bond donors (Lipinski definition) is 1. The Bertz CT molecular complexity index is 512. The van der Waals surface area contributed by atoms with Crippen molar-refractivity contribution in [3.8, 4) is 0 Å². The summed E-state index contributed by atoms with van der Waals surface area (Å²) in [6.45, 7) is -2.37. The molecule has 0 spiro atoms. The molecule has 1 aliphatic heterocycles. The molecule has 0 bridgehead atoms. The average molecular weight is 400 g/mol. The maximum atomic E-state index is 13.0. The minimum Gasteiger partial charge on any atom is -0.335 e. The van der Waals surface area contributed by atoms with Crippen molar-refractivity contribution in [2.45, 2.75) is 56.7 Å². The van der Waals surface area contributed by atoms with Gasteiger partial charge < -0.3 is 10.2 Å². The molecule has 2 amide bonds. The Morgan fingerprint density at radius 3 is 2.00 bits per heavy atom. The standard InChI is InChI=1S/C14H17F9N2O/c15-12(16,17)8-2-1-3-9(6-8)24-10(26)25-5-4-11(7-25,13(18,19)20)14(21,22)23/h8-9H,1-7H2,(H,24,26)/t8-,9-/m0/s1. The maximum Gasteiger partial charge on any atom is 0.404 e. The van der Waals surface area contributed by atoms with Crippen molar-refractivity contribution < 1.29 is 44.3 Å². The number of carbonyl (C=O) groups is 1. The van der Waals surface area contributed by atoms with Gasteiger partial charge in [0.05, 0.1) is 5.92 Å². The number of carbonyl (C=O) groups excluding carboxylic acids is 1. The minimum atomic E-state index is -5.59. The number of nitrogens with zero attached hydrogens (tertiary/aromatic N) is 1. The Labute approximate surface area is 142 Å². The molecule has 1 saturated heterocycles. The molecule has 0 unspecified atom stereocenters. The number of likely N-dealkylation sites (tertiary alicyclic amines) is 1. The van der Waals surface area contributed by atoms with Crippen LogP contribution in [-0.2, 0) is 0 Å². The normalized spacial score (nSPS) is 27.5. The second-order valence-electron chi connectivity index (χ2n) is 6.80. The fourth-order valence-electron chi connectivity index (χ4n) is 3.49. The number of amides is 2. The van der Waals surface area contributed by atoms with E-state index in [2.05, 4.69) is 5.32 Å². The summed E-state index contributed by atoms with van der Waals surface area (Å²) < 4.78 is 116. The number of hydrogen-bond acceptors (Lipinski definition) is 1. The largest absolute Gasteiger partial charge is 0.404 e. The van der Waals surface area contributed by atoms with Crippen LogP contribution in [0.3, 0.4) is 0 Å². The molecular formula is C14H17F9N2O. The van der Waals surface area contributed by atoms with Crippen molar-refractivity contribution in [1.29, 1.82) is 0 Å². The van der Waals surface area contributed by atoms with Crippen molar-refractivity contribution in [1.82, 2.24) is 10.2 Å². The molecule has 0 aromatic carbocycles. The van der Waals surface area contributed by atoms with Gasteiger partial charge in [0.2, 0.25) is 0 Å². The lowest BCUT2D eigenvalue weighted by Gasteiger charge is -2.34. The van der Waals surface area contributed by atoms with Gasteiger partial charge in [-0.2, -0.15) is 39.5 Å². The Morgan fingerprint density at radius 1 is 0.962 bits per heavy atom. The van der Waals surface area contributed by atoms with Gasteiger partial charge in [0.25, 0.3) is 0 Å². The summed E-state index contributed by atoms with van der Waals surface area (Å²) in [6.07, 6.45) is -17.2. The second kappa shape index (κ2) is 6.66. The monoisotopic (exact) mass is 400 g/mol. The van der Waals surface area contributed by atoms with E-state index in [1.54, 1.807) is 0 Å². The molecule has 1 heterocycles.